The fourth-order valence-electron chi connectivity index (χ4n) is 2.79. The van der Waals surface area contributed by atoms with Crippen molar-refractivity contribution in [3.8, 4) is 5.75 Å². The van der Waals surface area contributed by atoms with Crippen LogP contribution in [0.15, 0.2) is 24.3 Å². The Hall–Kier alpha value is -1.37. The molecular formula is C17H22F5NO. The topological polar surface area (TPSA) is 21.3 Å². The van der Waals surface area contributed by atoms with Gasteiger partial charge in [0.05, 0.1) is 6.61 Å². The van der Waals surface area contributed by atoms with Crippen LogP contribution in [0.3, 0.4) is 0 Å². The average Bonchev–Trinajstić information content (AvgIpc) is 2.50. The van der Waals surface area contributed by atoms with Crippen LogP contribution in [0.2, 0.25) is 0 Å². The van der Waals surface area contributed by atoms with Gasteiger partial charge >= 0.3 is 6.30 Å². The number of rotatable bonds is 7. The molecule has 0 heterocycles. The Morgan fingerprint density at radius 2 is 1.88 bits per heavy atom. The van der Waals surface area contributed by atoms with E-state index in [1.54, 1.807) is 18.2 Å². The Labute approximate surface area is 138 Å². The minimum absolute atomic E-state index is 0.0900. The maximum atomic E-state index is 13.1. The molecule has 1 fully saturated rings. The Morgan fingerprint density at radius 1 is 1.17 bits per heavy atom. The van der Waals surface area contributed by atoms with E-state index in [1.807, 2.05) is 6.07 Å². The second-order valence-corrected chi connectivity index (χ2v) is 6.29. The van der Waals surface area contributed by atoms with Crippen LogP contribution in [-0.2, 0) is 6.42 Å². The van der Waals surface area contributed by atoms with E-state index in [2.05, 4.69) is 0 Å². The normalized spacial score (nSPS) is 18.5. The van der Waals surface area contributed by atoms with Gasteiger partial charge in [0.25, 0.3) is 0 Å². The third-order valence-electron chi connectivity index (χ3n) is 4.19. The van der Waals surface area contributed by atoms with E-state index in [0.717, 1.165) is 5.56 Å². The van der Waals surface area contributed by atoms with Gasteiger partial charge in [0.2, 0.25) is 5.92 Å². The van der Waals surface area contributed by atoms with Gasteiger partial charge in [-0.2, -0.15) is 13.2 Å². The zero-order valence-electron chi connectivity index (χ0n) is 13.3. The summed E-state index contributed by atoms with van der Waals surface area (Å²) in [4.78, 5) is 0. The molecule has 1 aromatic rings. The Bertz CT molecular complexity index is 508. The van der Waals surface area contributed by atoms with Gasteiger partial charge in [-0.1, -0.05) is 12.1 Å². The first-order valence-corrected chi connectivity index (χ1v) is 8.15. The summed E-state index contributed by atoms with van der Waals surface area (Å²) in [6, 6.07) is 7.19. The van der Waals surface area contributed by atoms with Crippen molar-refractivity contribution < 1.29 is 26.7 Å². The first-order valence-electron chi connectivity index (χ1n) is 8.15. The summed E-state index contributed by atoms with van der Waals surface area (Å²) >= 11 is 0. The lowest BCUT2D eigenvalue weighted by atomic mass is 9.87. The van der Waals surface area contributed by atoms with Gasteiger partial charge in [-0.3, -0.25) is 0 Å². The summed E-state index contributed by atoms with van der Waals surface area (Å²) in [5.41, 5.74) is 0.895. The van der Waals surface area contributed by atoms with Gasteiger partial charge in [-0.05, 0) is 49.3 Å². The van der Waals surface area contributed by atoms with Gasteiger partial charge in [-0.25, -0.2) is 14.1 Å². The number of hydrogen-bond donors (Lipinski definition) is 1. The Morgan fingerprint density at radius 3 is 2.54 bits per heavy atom. The summed E-state index contributed by atoms with van der Waals surface area (Å²) in [6.45, 7) is 0.264. The van der Waals surface area contributed by atoms with Crippen LogP contribution < -0.4 is 10.1 Å². The second kappa shape index (κ2) is 8.14. The molecular weight excluding hydrogens is 329 g/mol. The number of nitrogens with one attached hydrogen (secondary N) is 1. The third-order valence-corrected chi connectivity index (χ3v) is 4.19. The van der Waals surface area contributed by atoms with E-state index in [-0.39, 0.29) is 25.3 Å². The van der Waals surface area contributed by atoms with Crippen LogP contribution in [0.5, 0.6) is 5.75 Å². The van der Waals surface area contributed by atoms with E-state index < -0.39 is 12.2 Å². The van der Waals surface area contributed by atoms with E-state index in [1.165, 1.54) is 5.32 Å². The van der Waals surface area contributed by atoms with E-state index in [0.29, 0.717) is 38.0 Å². The van der Waals surface area contributed by atoms with Crippen LogP contribution >= 0.6 is 0 Å². The molecule has 0 radical (unpaired) electrons. The molecule has 0 amide bonds. The van der Waals surface area contributed by atoms with Gasteiger partial charge in [0.15, 0.2) is 0 Å². The van der Waals surface area contributed by atoms with Crippen molar-refractivity contribution in [3.05, 3.63) is 29.8 Å². The number of ether oxygens (including phenoxy) is 1. The lowest BCUT2D eigenvalue weighted by Gasteiger charge is -2.28. The lowest BCUT2D eigenvalue weighted by molar-refractivity contribution is -0.156. The van der Waals surface area contributed by atoms with Crippen molar-refractivity contribution in [1.82, 2.24) is 5.32 Å². The third kappa shape index (κ3) is 7.03. The van der Waals surface area contributed by atoms with Gasteiger partial charge < -0.3 is 4.74 Å². The largest absolute Gasteiger partial charge is 0.493 e. The number of halogens is 5. The van der Waals surface area contributed by atoms with Crippen molar-refractivity contribution in [2.75, 3.05) is 13.2 Å². The van der Waals surface area contributed by atoms with Gasteiger partial charge in [0.1, 0.15) is 5.75 Å². The zero-order valence-corrected chi connectivity index (χ0v) is 13.3. The zero-order chi connectivity index (χ0) is 17.6. The standard InChI is InChI=1S/C17H22F5NO/c18-16(19)8-6-14(7-9-16)12-24-15-5-1-3-13(11-15)4-2-10-23-17(20,21)22/h1,3,5,11,14,23H,2,4,6-10,12H2. The fourth-order valence-corrected chi connectivity index (χ4v) is 2.79. The molecule has 0 saturated heterocycles. The Kier molecular flexibility index (Phi) is 6.43. The summed E-state index contributed by atoms with van der Waals surface area (Å²) in [7, 11) is 0. The van der Waals surface area contributed by atoms with Crippen molar-refractivity contribution in [1.29, 1.82) is 0 Å². The molecule has 0 atom stereocenters. The van der Waals surface area contributed by atoms with Crippen molar-refractivity contribution in [2.45, 2.75) is 50.7 Å². The molecule has 0 spiro atoms. The molecule has 24 heavy (non-hydrogen) atoms. The molecule has 2 nitrogen and oxygen atoms in total. The SMILES string of the molecule is FC1(F)CCC(COc2cccc(CCCNC(F)(F)F)c2)CC1. The van der Waals surface area contributed by atoms with Crippen LogP contribution in [0.25, 0.3) is 0 Å². The minimum atomic E-state index is -4.35. The molecule has 1 saturated carbocycles. The molecule has 1 aliphatic carbocycles. The van der Waals surface area contributed by atoms with Crippen molar-refractivity contribution >= 4 is 0 Å². The number of alkyl halides is 5. The molecule has 0 aromatic heterocycles. The van der Waals surface area contributed by atoms with Crippen LogP contribution in [0.1, 0.15) is 37.7 Å². The number of hydrogen-bond acceptors (Lipinski definition) is 2. The van der Waals surface area contributed by atoms with Crippen LogP contribution in [0, 0.1) is 5.92 Å². The highest BCUT2D eigenvalue weighted by molar-refractivity contribution is 5.28. The summed E-state index contributed by atoms with van der Waals surface area (Å²) < 4.78 is 67.9. The number of benzene rings is 1. The monoisotopic (exact) mass is 351 g/mol. The molecule has 1 aromatic carbocycles. The van der Waals surface area contributed by atoms with Crippen LogP contribution in [-0.4, -0.2) is 25.4 Å². The molecule has 0 aliphatic heterocycles. The van der Waals surface area contributed by atoms with E-state index >= 15 is 0 Å². The molecule has 1 aliphatic rings. The predicted octanol–water partition coefficient (Wildman–Crippen LogP) is 4.93. The van der Waals surface area contributed by atoms with E-state index in [4.69, 9.17) is 4.74 Å². The molecule has 0 unspecified atom stereocenters. The first-order chi connectivity index (χ1) is 11.2. The lowest BCUT2D eigenvalue weighted by Crippen LogP contribution is -2.32. The molecule has 2 rings (SSSR count). The molecule has 7 heteroatoms. The van der Waals surface area contributed by atoms with Crippen molar-refractivity contribution in [2.24, 2.45) is 5.92 Å². The fraction of sp³-hybridized carbons (Fsp3) is 0.647. The van der Waals surface area contributed by atoms with Gasteiger partial charge in [0, 0.05) is 19.4 Å². The minimum Gasteiger partial charge on any atom is -0.493 e. The number of aryl methyl sites for hydroxylation is 1. The average molecular weight is 351 g/mol. The second-order valence-electron chi connectivity index (χ2n) is 6.29. The Balaban J connectivity index is 1.72. The molecule has 1 N–H and O–H groups in total. The molecule has 0 bridgehead atoms. The smallest absolute Gasteiger partial charge is 0.457 e. The highest BCUT2D eigenvalue weighted by Crippen LogP contribution is 2.36. The molecule has 136 valence electrons. The quantitative estimate of drug-likeness (QED) is 0.427. The maximum absolute atomic E-state index is 13.1. The summed E-state index contributed by atoms with van der Waals surface area (Å²) in [5.74, 6) is -1.78. The first kappa shape index (κ1) is 19.0. The highest BCUT2D eigenvalue weighted by atomic mass is 19.4. The highest BCUT2D eigenvalue weighted by Gasteiger charge is 2.35. The summed E-state index contributed by atoms with van der Waals surface area (Å²) in [6.07, 6.45) is -2.75. The predicted molar refractivity (Wildman–Crippen MR) is 81.2 cm³/mol. The van der Waals surface area contributed by atoms with E-state index in [9.17, 15) is 22.0 Å². The van der Waals surface area contributed by atoms with Gasteiger partial charge in [-0.15, -0.1) is 0 Å². The summed E-state index contributed by atoms with van der Waals surface area (Å²) in [5, 5.41) is 1.49. The van der Waals surface area contributed by atoms with Crippen molar-refractivity contribution in [3.63, 3.8) is 0 Å². The van der Waals surface area contributed by atoms with Crippen LogP contribution in [0.4, 0.5) is 22.0 Å². The maximum Gasteiger partial charge on any atom is 0.457 e.